The van der Waals surface area contributed by atoms with Crippen LogP contribution in [0.1, 0.15) is 38.1 Å². The standard InChI is InChI=1S/C28H26N6OS2/c1-20-10-12-23(13-11-20)34-25(17-21-7-3-2-4-8-21)32-33-28(34)37-19-26-31-24(18-36-26)27(35)30-16-14-22-9-5-6-15-29-22/h2-13,15,18H,14,16-17,19H2,1H3,(H,30,35). The highest BCUT2D eigenvalue weighted by atomic mass is 32.2. The topological polar surface area (TPSA) is 85.6 Å². The van der Waals surface area contributed by atoms with E-state index in [0.717, 1.165) is 27.4 Å². The van der Waals surface area contributed by atoms with E-state index >= 15 is 0 Å². The molecule has 37 heavy (non-hydrogen) atoms. The summed E-state index contributed by atoms with van der Waals surface area (Å²) in [6.07, 6.45) is 3.12. The van der Waals surface area contributed by atoms with E-state index in [1.807, 2.05) is 36.4 Å². The van der Waals surface area contributed by atoms with Gasteiger partial charge >= 0.3 is 0 Å². The Labute approximate surface area is 224 Å². The number of amides is 1. The molecule has 0 saturated heterocycles. The molecule has 7 nitrogen and oxygen atoms in total. The molecule has 0 aliphatic heterocycles. The molecule has 0 unspecified atom stereocenters. The second kappa shape index (κ2) is 11.9. The Morgan fingerprint density at radius 2 is 1.81 bits per heavy atom. The Morgan fingerprint density at radius 1 is 1.00 bits per heavy atom. The third kappa shape index (κ3) is 6.49. The fourth-order valence-electron chi connectivity index (χ4n) is 3.79. The second-order valence-electron chi connectivity index (χ2n) is 8.47. The van der Waals surface area contributed by atoms with Gasteiger partial charge in [-0.15, -0.1) is 21.5 Å². The van der Waals surface area contributed by atoms with E-state index in [-0.39, 0.29) is 5.91 Å². The van der Waals surface area contributed by atoms with Crippen molar-refractivity contribution in [3.05, 3.63) is 118 Å². The number of aromatic nitrogens is 5. The molecular weight excluding hydrogens is 500 g/mol. The smallest absolute Gasteiger partial charge is 0.270 e. The van der Waals surface area contributed by atoms with E-state index in [2.05, 4.69) is 73.4 Å². The zero-order chi connectivity index (χ0) is 25.5. The minimum Gasteiger partial charge on any atom is -0.350 e. The van der Waals surface area contributed by atoms with Gasteiger partial charge in [0.25, 0.3) is 5.91 Å². The van der Waals surface area contributed by atoms with Crippen molar-refractivity contribution in [2.24, 2.45) is 0 Å². The normalized spacial score (nSPS) is 10.9. The number of hydrogen-bond donors (Lipinski definition) is 1. The Morgan fingerprint density at radius 3 is 2.59 bits per heavy atom. The maximum absolute atomic E-state index is 12.5. The van der Waals surface area contributed by atoms with Crippen LogP contribution in [0.15, 0.2) is 89.5 Å². The summed E-state index contributed by atoms with van der Waals surface area (Å²) in [6.45, 7) is 2.59. The van der Waals surface area contributed by atoms with Gasteiger partial charge in [-0.2, -0.15) is 0 Å². The lowest BCUT2D eigenvalue weighted by molar-refractivity contribution is 0.0949. The van der Waals surface area contributed by atoms with Crippen LogP contribution in [0.2, 0.25) is 0 Å². The summed E-state index contributed by atoms with van der Waals surface area (Å²) >= 11 is 3.05. The van der Waals surface area contributed by atoms with Gasteiger partial charge in [-0.3, -0.25) is 14.3 Å². The highest BCUT2D eigenvalue weighted by molar-refractivity contribution is 7.98. The molecule has 0 spiro atoms. The maximum atomic E-state index is 12.5. The molecule has 5 aromatic rings. The molecule has 0 bridgehead atoms. The van der Waals surface area contributed by atoms with Gasteiger partial charge in [0.2, 0.25) is 0 Å². The summed E-state index contributed by atoms with van der Waals surface area (Å²) in [6, 6.07) is 24.4. The molecule has 0 aliphatic carbocycles. The largest absolute Gasteiger partial charge is 0.350 e. The van der Waals surface area contributed by atoms with E-state index in [9.17, 15) is 4.79 Å². The quantitative estimate of drug-likeness (QED) is 0.249. The molecular formula is C28H26N6OS2. The molecule has 0 fully saturated rings. The SMILES string of the molecule is Cc1ccc(-n2c(Cc3ccccc3)nnc2SCc2nc(C(=O)NCCc3ccccn3)cs2)cc1. The molecule has 0 atom stereocenters. The molecule has 0 saturated carbocycles. The summed E-state index contributed by atoms with van der Waals surface area (Å²) in [5, 5.41) is 15.4. The fraction of sp³-hybridized carbons (Fsp3) is 0.179. The Bertz CT molecular complexity index is 1450. The number of aryl methyl sites for hydroxylation is 1. The van der Waals surface area contributed by atoms with Crippen LogP contribution in [0.3, 0.4) is 0 Å². The third-order valence-electron chi connectivity index (χ3n) is 5.70. The molecule has 3 heterocycles. The Hall–Kier alpha value is -3.82. The number of rotatable bonds is 10. The fourth-order valence-corrected chi connectivity index (χ4v) is 5.55. The van der Waals surface area contributed by atoms with E-state index in [1.54, 1.807) is 23.3 Å². The van der Waals surface area contributed by atoms with Crippen molar-refractivity contribution in [2.45, 2.75) is 30.7 Å². The molecule has 0 aliphatic rings. The van der Waals surface area contributed by atoms with Crippen LogP contribution >= 0.6 is 23.1 Å². The summed E-state index contributed by atoms with van der Waals surface area (Å²) in [5.41, 5.74) is 4.78. The molecule has 1 N–H and O–H groups in total. The lowest BCUT2D eigenvalue weighted by Crippen LogP contribution is -2.26. The van der Waals surface area contributed by atoms with Gasteiger partial charge in [0.05, 0.1) is 5.75 Å². The number of carbonyl (C=O) groups excluding carboxylic acids is 1. The zero-order valence-corrected chi connectivity index (χ0v) is 22.0. The van der Waals surface area contributed by atoms with Crippen LogP contribution in [0, 0.1) is 6.92 Å². The van der Waals surface area contributed by atoms with Crippen molar-refractivity contribution < 1.29 is 4.79 Å². The molecule has 0 radical (unpaired) electrons. The lowest BCUT2D eigenvalue weighted by Gasteiger charge is -2.10. The lowest BCUT2D eigenvalue weighted by atomic mass is 10.1. The van der Waals surface area contributed by atoms with E-state index < -0.39 is 0 Å². The minimum atomic E-state index is -0.170. The molecule has 3 aromatic heterocycles. The molecule has 1 amide bonds. The van der Waals surface area contributed by atoms with Crippen molar-refractivity contribution in [2.75, 3.05) is 6.54 Å². The summed E-state index contributed by atoms with van der Waals surface area (Å²) in [4.78, 5) is 21.4. The first-order valence-corrected chi connectivity index (χ1v) is 13.8. The van der Waals surface area contributed by atoms with Crippen molar-refractivity contribution in [3.63, 3.8) is 0 Å². The van der Waals surface area contributed by atoms with Crippen LogP contribution in [-0.2, 0) is 18.6 Å². The van der Waals surface area contributed by atoms with Crippen LogP contribution in [0.25, 0.3) is 5.69 Å². The summed E-state index contributed by atoms with van der Waals surface area (Å²) in [7, 11) is 0. The average molecular weight is 527 g/mol. The van der Waals surface area contributed by atoms with Gasteiger partial charge in [0, 0.05) is 42.3 Å². The zero-order valence-electron chi connectivity index (χ0n) is 20.4. The number of nitrogens with one attached hydrogen (secondary N) is 1. The van der Waals surface area contributed by atoms with Crippen LogP contribution in [-0.4, -0.2) is 37.2 Å². The number of benzene rings is 2. The predicted octanol–water partition coefficient (Wildman–Crippen LogP) is 5.28. The number of carbonyl (C=O) groups is 1. The molecule has 2 aromatic carbocycles. The van der Waals surface area contributed by atoms with E-state index in [1.165, 1.54) is 22.5 Å². The van der Waals surface area contributed by atoms with Gasteiger partial charge < -0.3 is 5.32 Å². The second-order valence-corrected chi connectivity index (χ2v) is 10.4. The van der Waals surface area contributed by atoms with Crippen molar-refractivity contribution >= 4 is 29.0 Å². The van der Waals surface area contributed by atoms with Crippen molar-refractivity contribution in [1.82, 2.24) is 30.0 Å². The number of nitrogens with zero attached hydrogens (tertiary/aromatic N) is 5. The van der Waals surface area contributed by atoms with Crippen molar-refractivity contribution in [3.8, 4) is 5.69 Å². The predicted molar refractivity (Wildman–Crippen MR) is 147 cm³/mol. The van der Waals surface area contributed by atoms with Crippen LogP contribution in [0.4, 0.5) is 0 Å². The number of thiazole rings is 1. The summed E-state index contributed by atoms with van der Waals surface area (Å²) < 4.78 is 2.11. The number of pyridine rings is 1. The van der Waals surface area contributed by atoms with Crippen LogP contribution in [0.5, 0.6) is 0 Å². The maximum Gasteiger partial charge on any atom is 0.270 e. The Kier molecular flexibility index (Phi) is 8.02. The Balaban J connectivity index is 1.26. The van der Waals surface area contributed by atoms with Gasteiger partial charge in [-0.05, 0) is 36.8 Å². The van der Waals surface area contributed by atoms with Crippen molar-refractivity contribution in [1.29, 1.82) is 0 Å². The summed E-state index contributed by atoms with van der Waals surface area (Å²) in [5.74, 6) is 1.31. The van der Waals surface area contributed by atoms with Crippen LogP contribution < -0.4 is 5.32 Å². The number of hydrogen-bond acceptors (Lipinski definition) is 7. The highest BCUT2D eigenvalue weighted by Gasteiger charge is 2.17. The first-order valence-electron chi connectivity index (χ1n) is 12.0. The van der Waals surface area contributed by atoms with Gasteiger partial charge in [0.1, 0.15) is 16.5 Å². The van der Waals surface area contributed by atoms with Gasteiger partial charge in [-0.25, -0.2) is 4.98 Å². The first kappa shape index (κ1) is 24.9. The first-order chi connectivity index (χ1) is 18.2. The monoisotopic (exact) mass is 526 g/mol. The molecule has 5 rings (SSSR count). The van der Waals surface area contributed by atoms with Gasteiger partial charge in [-0.1, -0.05) is 65.9 Å². The highest BCUT2D eigenvalue weighted by Crippen LogP contribution is 2.27. The minimum absolute atomic E-state index is 0.170. The third-order valence-corrected chi connectivity index (χ3v) is 7.67. The molecule has 9 heteroatoms. The average Bonchev–Trinajstić information content (AvgIpc) is 3.56. The molecule has 186 valence electrons. The van der Waals surface area contributed by atoms with Gasteiger partial charge in [0.15, 0.2) is 5.16 Å². The van der Waals surface area contributed by atoms with E-state index in [0.29, 0.717) is 30.8 Å². The van der Waals surface area contributed by atoms with E-state index in [4.69, 9.17) is 0 Å². The number of thioether (sulfide) groups is 1.